The zero-order chi connectivity index (χ0) is 19.9. The van der Waals surface area contributed by atoms with Gasteiger partial charge in [-0.2, -0.15) is 0 Å². The molecule has 2 aromatic rings. The number of amides is 1. The lowest BCUT2D eigenvalue weighted by Gasteiger charge is -2.15. The minimum Gasteiger partial charge on any atom is -0.491 e. The number of carbonyl (C=O) groups excluding carboxylic acids is 1. The summed E-state index contributed by atoms with van der Waals surface area (Å²) in [5.41, 5.74) is 3.05. The Bertz CT molecular complexity index is 794. The summed E-state index contributed by atoms with van der Waals surface area (Å²) in [4.78, 5) is 15.0. The van der Waals surface area contributed by atoms with Crippen molar-refractivity contribution in [1.29, 1.82) is 0 Å². The lowest BCUT2D eigenvalue weighted by Crippen LogP contribution is -2.23. The molecule has 2 aliphatic rings. The van der Waals surface area contributed by atoms with Crippen molar-refractivity contribution in [1.82, 2.24) is 10.2 Å². The van der Waals surface area contributed by atoms with E-state index in [2.05, 4.69) is 34.5 Å². The molecule has 2 aliphatic heterocycles. The van der Waals surface area contributed by atoms with Crippen LogP contribution in [0.3, 0.4) is 0 Å². The molecule has 2 aromatic carbocycles. The van der Waals surface area contributed by atoms with Crippen molar-refractivity contribution in [2.45, 2.75) is 44.9 Å². The zero-order valence-corrected chi connectivity index (χ0v) is 16.9. The molecule has 0 aliphatic carbocycles. The van der Waals surface area contributed by atoms with Gasteiger partial charge in [-0.15, -0.1) is 0 Å². The highest BCUT2D eigenvalue weighted by molar-refractivity contribution is 5.94. The Hall–Kier alpha value is -2.37. The first kappa shape index (κ1) is 19.9. The molecule has 1 atom stereocenters. The second-order valence-corrected chi connectivity index (χ2v) is 7.96. The number of hydrogen-bond acceptors (Lipinski definition) is 4. The molecule has 0 radical (unpaired) electrons. The van der Waals surface area contributed by atoms with Gasteiger partial charge in [-0.3, -0.25) is 9.69 Å². The van der Waals surface area contributed by atoms with E-state index < -0.39 is 0 Å². The first-order chi connectivity index (χ1) is 14.3. The first-order valence-electron chi connectivity index (χ1n) is 10.7. The molecule has 1 N–H and O–H groups in total. The van der Waals surface area contributed by atoms with Crippen LogP contribution in [0.5, 0.6) is 5.75 Å². The average Bonchev–Trinajstić information content (AvgIpc) is 3.46. The smallest absolute Gasteiger partial charge is 0.251 e. The fourth-order valence-corrected chi connectivity index (χ4v) is 3.94. The van der Waals surface area contributed by atoms with Gasteiger partial charge in [-0.05, 0) is 68.1 Å². The maximum Gasteiger partial charge on any atom is 0.251 e. The minimum atomic E-state index is -0.0892. The van der Waals surface area contributed by atoms with Crippen LogP contribution in [-0.4, -0.2) is 43.2 Å². The van der Waals surface area contributed by atoms with Gasteiger partial charge >= 0.3 is 0 Å². The molecule has 154 valence electrons. The molecule has 4 rings (SSSR count). The van der Waals surface area contributed by atoms with E-state index in [4.69, 9.17) is 9.47 Å². The normalized spacial score (nSPS) is 19.4. The summed E-state index contributed by atoms with van der Waals surface area (Å²) < 4.78 is 11.4. The number of likely N-dealkylation sites (tertiary alicyclic amines) is 1. The van der Waals surface area contributed by atoms with Crippen LogP contribution in [0.15, 0.2) is 48.5 Å². The summed E-state index contributed by atoms with van der Waals surface area (Å²) >= 11 is 0. The SMILES string of the molecule is O=C(NCc1ccc(CN2CCCC2)cc1)c1cccc(OCC2CCCO2)c1. The average molecular weight is 395 g/mol. The van der Waals surface area contributed by atoms with Crippen LogP contribution >= 0.6 is 0 Å². The van der Waals surface area contributed by atoms with E-state index in [1.165, 1.54) is 31.5 Å². The molecule has 29 heavy (non-hydrogen) atoms. The Labute approximate surface area is 173 Å². The third kappa shape index (κ3) is 5.81. The van der Waals surface area contributed by atoms with Crippen molar-refractivity contribution >= 4 is 5.91 Å². The summed E-state index contributed by atoms with van der Waals surface area (Å²) in [6, 6.07) is 15.9. The molecular formula is C24H30N2O3. The lowest BCUT2D eigenvalue weighted by atomic mass is 10.1. The summed E-state index contributed by atoms with van der Waals surface area (Å²) in [5, 5.41) is 3.00. The second kappa shape index (κ2) is 9.90. The van der Waals surface area contributed by atoms with Gasteiger partial charge in [0.2, 0.25) is 0 Å². The highest BCUT2D eigenvalue weighted by Gasteiger charge is 2.16. The Morgan fingerprint density at radius 3 is 2.62 bits per heavy atom. The van der Waals surface area contributed by atoms with Crippen LogP contribution in [0.25, 0.3) is 0 Å². The van der Waals surface area contributed by atoms with Crippen molar-refractivity contribution in [3.63, 3.8) is 0 Å². The van der Waals surface area contributed by atoms with E-state index in [-0.39, 0.29) is 12.0 Å². The van der Waals surface area contributed by atoms with Gasteiger partial charge in [-0.25, -0.2) is 0 Å². The molecule has 0 aromatic heterocycles. The van der Waals surface area contributed by atoms with Gasteiger partial charge in [-0.1, -0.05) is 30.3 Å². The summed E-state index contributed by atoms with van der Waals surface area (Å²) in [6.45, 7) is 5.29. The van der Waals surface area contributed by atoms with Crippen molar-refractivity contribution in [3.8, 4) is 5.75 Å². The van der Waals surface area contributed by atoms with Crippen molar-refractivity contribution in [2.24, 2.45) is 0 Å². The monoisotopic (exact) mass is 394 g/mol. The Kier molecular flexibility index (Phi) is 6.80. The maximum atomic E-state index is 12.5. The number of carbonyl (C=O) groups is 1. The second-order valence-electron chi connectivity index (χ2n) is 7.96. The fraction of sp³-hybridized carbons (Fsp3) is 0.458. The van der Waals surface area contributed by atoms with E-state index in [1.807, 2.05) is 18.2 Å². The predicted molar refractivity (Wildman–Crippen MR) is 113 cm³/mol. The van der Waals surface area contributed by atoms with Crippen LogP contribution in [-0.2, 0) is 17.8 Å². The van der Waals surface area contributed by atoms with Crippen LogP contribution in [0, 0.1) is 0 Å². The molecule has 5 heteroatoms. The maximum absolute atomic E-state index is 12.5. The third-order valence-corrected chi connectivity index (χ3v) is 5.64. The molecule has 1 amide bonds. The molecule has 0 spiro atoms. The fourth-order valence-electron chi connectivity index (χ4n) is 3.94. The van der Waals surface area contributed by atoms with Gasteiger partial charge in [0.05, 0.1) is 6.10 Å². The van der Waals surface area contributed by atoms with E-state index in [1.54, 1.807) is 6.07 Å². The molecule has 5 nitrogen and oxygen atoms in total. The molecule has 2 heterocycles. The van der Waals surface area contributed by atoms with Crippen LogP contribution in [0.2, 0.25) is 0 Å². The number of nitrogens with zero attached hydrogens (tertiary/aromatic N) is 1. The first-order valence-corrected chi connectivity index (χ1v) is 10.7. The van der Waals surface area contributed by atoms with E-state index >= 15 is 0 Å². The molecule has 1 unspecified atom stereocenters. The summed E-state index contributed by atoms with van der Waals surface area (Å²) in [7, 11) is 0. The standard InChI is InChI=1S/C24H30N2O3/c27-24(21-5-3-6-22(15-21)29-18-23-7-4-14-28-23)25-16-19-8-10-20(11-9-19)17-26-12-1-2-13-26/h3,5-6,8-11,15,23H,1-2,4,7,12-14,16-18H2,(H,25,27). The topological polar surface area (TPSA) is 50.8 Å². The summed E-state index contributed by atoms with van der Waals surface area (Å²) in [5.74, 6) is 0.619. The molecule has 0 saturated carbocycles. The molecule has 2 saturated heterocycles. The van der Waals surface area contributed by atoms with Crippen molar-refractivity contribution < 1.29 is 14.3 Å². The van der Waals surface area contributed by atoms with Gasteiger partial charge in [0.1, 0.15) is 12.4 Å². The van der Waals surface area contributed by atoms with Gasteiger partial charge in [0.15, 0.2) is 0 Å². The van der Waals surface area contributed by atoms with E-state index in [0.29, 0.717) is 24.5 Å². The zero-order valence-electron chi connectivity index (χ0n) is 16.9. The third-order valence-electron chi connectivity index (χ3n) is 5.64. The quantitative estimate of drug-likeness (QED) is 0.741. The molecule has 0 bridgehead atoms. The van der Waals surface area contributed by atoms with Crippen LogP contribution < -0.4 is 10.1 Å². The largest absolute Gasteiger partial charge is 0.491 e. The Morgan fingerprint density at radius 2 is 1.86 bits per heavy atom. The van der Waals surface area contributed by atoms with Gasteiger partial charge in [0, 0.05) is 25.3 Å². The minimum absolute atomic E-state index is 0.0892. The van der Waals surface area contributed by atoms with Crippen LogP contribution in [0.4, 0.5) is 0 Å². The molecular weight excluding hydrogens is 364 g/mol. The number of hydrogen-bond donors (Lipinski definition) is 1. The number of rotatable bonds is 8. The highest BCUT2D eigenvalue weighted by Crippen LogP contribution is 2.18. The lowest BCUT2D eigenvalue weighted by molar-refractivity contribution is 0.0679. The highest BCUT2D eigenvalue weighted by atomic mass is 16.5. The number of nitrogens with one attached hydrogen (secondary N) is 1. The van der Waals surface area contributed by atoms with Crippen LogP contribution in [0.1, 0.15) is 47.2 Å². The number of benzene rings is 2. The van der Waals surface area contributed by atoms with E-state index in [9.17, 15) is 4.79 Å². The Morgan fingerprint density at radius 1 is 1.07 bits per heavy atom. The van der Waals surface area contributed by atoms with Gasteiger partial charge < -0.3 is 14.8 Å². The summed E-state index contributed by atoms with van der Waals surface area (Å²) in [6.07, 6.45) is 4.92. The van der Waals surface area contributed by atoms with E-state index in [0.717, 1.165) is 31.6 Å². The predicted octanol–water partition coefficient (Wildman–Crippen LogP) is 3.77. The van der Waals surface area contributed by atoms with Crippen molar-refractivity contribution in [3.05, 3.63) is 65.2 Å². The van der Waals surface area contributed by atoms with Crippen molar-refractivity contribution in [2.75, 3.05) is 26.3 Å². The van der Waals surface area contributed by atoms with Gasteiger partial charge in [0.25, 0.3) is 5.91 Å². The molecule has 2 fully saturated rings. The Balaban J connectivity index is 1.26. The number of ether oxygens (including phenoxy) is 2.